The third-order valence-electron chi connectivity index (χ3n) is 2.26. The van der Waals surface area contributed by atoms with Crippen LogP contribution in [0.15, 0.2) is 24.4 Å². The second-order valence-corrected chi connectivity index (χ2v) is 3.47. The van der Waals surface area contributed by atoms with Crippen LogP contribution in [-0.4, -0.2) is 4.98 Å². The molecule has 0 saturated heterocycles. The van der Waals surface area contributed by atoms with Crippen molar-refractivity contribution in [1.82, 2.24) is 4.98 Å². The van der Waals surface area contributed by atoms with Crippen LogP contribution in [0, 0.1) is 5.82 Å². The van der Waals surface area contributed by atoms with E-state index in [1.165, 1.54) is 6.07 Å². The first-order valence-electron chi connectivity index (χ1n) is 4.45. The first-order chi connectivity index (χ1) is 6.74. The minimum absolute atomic E-state index is 0.213. The number of rotatable bonds is 1. The summed E-state index contributed by atoms with van der Waals surface area (Å²) in [4.78, 5) is 4.14. The Labute approximate surface area is 86.5 Å². The van der Waals surface area contributed by atoms with Crippen LogP contribution in [0.25, 0.3) is 10.9 Å². The van der Waals surface area contributed by atoms with Gasteiger partial charge in [-0.3, -0.25) is 4.98 Å². The third kappa shape index (κ3) is 1.36. The topological polar surface area (TPSA) is 12.9 Å². The van der Waals surface area contributed by atoms with E-state index in [4.69, 9.17) is 11.6 Å². The lowest BCUT2D eigenvalue weighted by atomic mass is 10.1. The Morgan fingerprint density at radius 3 is 2.86 bits per heavy atom. The number of halogens is 2. The van der Waals surface area contributed by atoms with Crippen LogP contribution in [0.1, 0.15) is 12.5 Å². The molecule has 72 valence electrons. The van der Waals surface area contributed by atoms with Gasteiger partial charge in [0.2, 0.25) is 0 Å². The fourth-order valence-corrected chi connectivity index (χ4v) is 1.86. The summed E-state index contributed by atoms with van der Waals surface area (Å²) in [5.41, 5.74) is 1.39. The Kier molecular flexibility index (Phi) is 2.38. The van der Waals surface area contributed by atoms with Gasteiger partial charge in [-0.05, 0) is 30.2 Å². The number of nitrogens with zero attached hydrogens (tertiary/aromatic N) is 1. The number of aromatic nitrogens is 1. The van der Waals surface area contributed by atoms with E-state index >= 15 is 0 Å². The van der Waals surface area contributed by atoms with Gasteiger partial charge in [0.25, 0.3) is 0 Å². The number of hydrogen-bond acceptors (Lipinski definition) is 1. The van der Waals surface area contributed by atoms with Crippen molar-refractivity contribution >= 4 is 22.5 Å². The first-order valence-corrected chi connectivity index (χ1v) is 4.83. The normalized spacial score (nSPS) is 10.8. The van der Waals surface area contributed by atoms with Crippen molar-refractivity contribution in [3.63, 3.8) is 0 Å². The molecule has 14 heavy (non-hydrogen) atoms. The highest BCUT2D eigenvalue weighted by Crippen LogP contribution is 2.27. The van der Waals surface area contributed by atoms with Gasteiger partial charge < -0.3 is 0 Å². The van der Waals surface area contributed by atoms with Crippen molar-refractivity contribution in [1.29, 1.82) is 0 Å². The van der Waals surface area contributed by atoms with Gasteiger partial charge in [-0.15, -0.1) is 0 Å². The average molecular weight is 210 g/mol. The number of benzene rings is 1. The van der Waals surface area contributed by atoms with Crippen LogP contribution in [-0.2, 0) is 6.42 Å². The second-order valence-electron chi connectivity index (χ2n) is 3.07. The van der Waals surface area contributed by atoms with E-state index in [0.29, 0.717) is 17.0 Å². The molecular weight excluding hydrogens is 201 g/mol. The number of aryl methyl sites for hydroxylation is 1. The Morgan fingerprint density at radius 2 is 2.14 bits per heavy atom. The molecule has 1 aromatic carbocycles. The molecule has 0 aliphatic carbocycles. The van der Waals surface area contributed by atoms with Gasteiger partial charge in [-0.1, -0.05) is 18.5 Å². The van der Waals surface area contributed by atoms with E-state index in [1.807, 2.05) is 6.92 Å². The second kappa shape index (κ2) is 3.54. The molecule has 0 bridgehead atoms. The summed E-state index contributed by atoms with van der Waals surface area (Å²) in [6.07, 6.45) is 2.25. The summed E-state index contributed by atoms with van der Waals surface area (Å²) in [6.45, 7) is 1.90. The summed E-state index contributed by atoms with van der Waals surface area (Å²) < 4.78 is 13.4. The Morgan fingerprint density at radius 1 is 1.36 bits per heavy atom. The minimum Gasteiger partial charge on any atom is -0.256 e. The molecule has 2 aromatic rings. The van der Waals surface area contributed by atoms with Crippen molar-refractivity contribution in [2.45, 2.75) is 13.3 Å². The van der Waals surface area contributed by atoms with Crippen molar-refractivity contribution in [3.8, 4) is 0 Å². The lowest BCUT2D eigenvalue weighted by Gasteiger charge is -2.06. The third-order valence-corrected chi connectivity index (χ3v) is 2.58. The predicted octanol–water partition coefficient (Wildman–Crippen LogP) is 3.59. The van der Waals surface area contributed by atoms with E-state index < -0.39 is 0 Å². The molecule has 1 aromatic heterocycles. The Balaban J connectivity index is 2.91. The quantitative estimate of drug-likeness (QED) is 0.700. The zero-order valence-electron chi connectivity index (χ0n) is 7.72. The van der Waals surface area contributed by atoms with Gasteiger partial charge in [0.1, 0.15) is 5.82 Å². The van der Waals surface area contributed by atoms with Crippen molar-refractivity contribution in [2.24, 2.45) is 0 Å². The molecule has 1 nitrogen and oxygen atoms in total. The fraction of sp³-hybridized carbons (Fsp3) is 0.182. The fourth-order valence-electron chi connectivity index (χ4n) is 1.60. The maximum absolute atomic E-state index is 13.4. The molecule has 1 heterocycles. The summed E-state index contributed by atoms with van der Waals surface area (Å²) in [7, 11) is 0. The zero-order chi connectivity index (χ0) is 10.1. The van der Waals surface area contributed by atoms with E-state index in [9.17, 15) is 4.39 Å². The van der Waals surface area contributed by atoms with Gasteiger partial charge in [0, 0.05) is 11.6 Å². The van der Waals surface area contributed by atoms with E-state index in [0.717, 1.165) is 10.9 Å². The van der Waals surface area contributed by atoms with E-state index in [-0.39, 0.29) is 5.82 Å². The summed E-state index contributed by atoms with van der Waals surface area (Å²) in [6, 6.07) is 4.77. The molecule has 0 saturated carbocycles. The molecule has 0 spiro atoms. The van der Waals surface area contributed by atoms with Gasteiger partial charge >= 0.3 is 0 Å². The molecule has 0 aliphatic heterocycles. The molecule has 2 rings (SSSR count). The molecule has 0 fully saturated rings. The van der Waals surface area contributed by atoms with Crippen molar-refractivity contribution in [2.75, 3.05) is 0 Å². The largest absolute Gasteiger partial charge is 0.256 e. The highest BCUT2D eigenvalue weighted by atomic mass is 35.5. The maximum atomic E-state index is 13.4. The molecular formula is C11H9ClFN. The van der Waals surface area contributed by atoms with Crippen molar-refractivity contribution in [3.05, 3.63) is 40.8 Å². The Bertz CT molecular complexity index is 482. The molecule has 0 radical (unpaired) electrons. The van der Waals surface area contributed by atoms with E-state index in [2.05, 4.69) is 4.98 Å². The molecule has 3 heteroatoms. The highest BCUT2D eigenvalue weighted by molar-refractivity contribution is 6.35. The molecule has 0 amide bonds. The van der Waals surface area contributed by atoms with Gasteiger partial charge in [0.05, 0.1) is 10.5 Å². The summed E-state index contributed by atoms with van der Waals surface area (Å²) in [5, 5.41) is 1.29. The lowest BCUT2D eigenvalue weighted by Crippen LogP contribution is -1.91. The number of pyridine rings is 1. The molecule has 0 aliphatic rings. The SMILES string of the molecule is CCc1c(F)ccc2nccc(Cl)c12. The Hall–Kier alpha value is -1.15. The van der Waals surface area contributed by atoms with Crippen LogP contribution in [0.4, 0.5) is 4.39 Å². The molecule has 0 N–H and O–H groups in total. The van der Waals surface area contributed by atoms with Gasteiger partial charge in [-0.2, -0.15) is 0 Å². The smallest absolute Gasteiger partial charge is 0.127 e. The average Bonchev–Trinajstić information content (AvgIpc) is 2.19. The van der Waals surface area contributed by atoms with Crippen LogP contribution in [0.3, 0.4) is 0 Å². The molecule has 0 atom stereocenters. The monoisotopic (exact) mass is 209 g/mol. The van der Waals surface area contributed by atoms with Crippen LogP contribution < -0.4 is 0 Å². The van der Waals surface area contributed by atoms with Crippen LogP contribution >= 0.6 is 11.6 Å². The number of hydrogen-bond donors (Lipinski definition) is 0. The summed E-state index contributed by atoms with van der Waals surface area (Å²) in [5.74, 6) is -0.213. The summed E-state index contributed by atoms with van der Waals surface area (Å²) >= 11 is 6.01. The van der Waals surface area contributed by atoms with Crippen LogP contribution in [0.2, 0.25) is 5.02 Å². The highest BCUT2D eigenvalue weighted by Gasteiger charge is 2.09. The number of fused-ring (bicyclic) bond motifs is 1. The lowest BCUT2D eigenvalue weighted by molar-refractivity contribution is 0.615. The zero-order valence-corrected chi connectivity index (χ0v) is 8.48. The maximum Gasteiger partial charge on any atom is 0.127 e. The predicted molar refractivity (Wildman–Crippen MR) is 56.1 cm³/mol. The first kappa shape index (κ1) is 9.41. The van der Waals surface area contributed by atoms with Crippen molar-refractivity contribution < 1.29 is 4.39 Å². The van der Waals surface area contributed by atoms with Gasteiger partial charge in [0.15, 0.2) is 0 Å². The minimum atomic E-state index is -0.213. The van der Waals surface area contributed by atoms with Gasteiger partial charge in [-0.25, -0.2) is 4.39 Å². The standard InChI is InChI=1S/C11H9ClFN/c1-2-7-9(13)3-4-10-11(7)8(12)5-6-14-10/h3-6H,2H2,1H3. The van der Waals surface area contributed by atoms with Crippen LogP contribution in [0.5, 0.6) is 0 Å². The molecule has 0 unspecified atom stereocenters. The van der Waals surface area contributed by atoms with E-state index in [1.54, 1.807) is 18.3 Å².